The zero-order valence-electron chi connectivity index (χ0n) is 14.3. The molecule has 4 aromatic rings. The molecule has 0 atom stereocenters. The predicted octanol–water partition coefficient (Wildman–Crippen LogP) is 4.42. The summed E-state index contributed by atoms with van der Waals surface area (Å²) in [6.07, 6.45) is 7.38. The molecule has 5 nitrogen and oxygen atoms in total. The van der Waals surface area contributed by atoms with Crippen molar-refractivity contribution in [2.45, 2.75) is 0 Å². The van der Waals surface area contributed by atoms with Crippen LogP contribution in [0.4, 0.5) is 11.5 Å². The SMILES string of the molecule is C#Cc1ccn2c(Nc3ccc(C(=O)O)cc3)c(-c3ccccc3)nc2c1. The number of imidazole rings is 1. The number of carboxylic acid groups (broad SMARTS) is 1. The number of carbonyl (C=O) groups is 1. The summed E-state index contributed by atoms with van der Waals surface area (Å²) in [5.41, 5.74) is 4.24. The first-order chi connectivity index (χ1) is 13.2. The molecule has 0 unspecified atom stereocenters. The number of carboxylic acids is 1. The summed E-state index contributed by atoms with van der Waals surface area (Å²) in [5.74, 6) is 2.45. The highest BCUT2D eigenvalue weighted by Gasteiger charge is 2.15. The Balaban J connectivity index is 1.84. The van der Waals surface area contributed by atoms with Gasteiger partial charge >= 0.3 is 5.97 Å². The number of benzene rings is 2. The van der Waals surface area contributed by atoms with E-state index in [1.807, 2.05) is 53.1 Å². The summed E-state index contributed by atoms with van der Waals surface area (Å²) in [5, 5.41) is 12.4. The van der Waals surface area contributed by atoms with Gasteiger partial charge in [-0.05, 0) is 36.4 Å². The van der Waals surface area contributed by atoms with Crippen LogP contribution in [-0.4, -0.2) is 20.5 Å². The van der Waals surface area contributed by atoms with Crippen molar-refractivity contribution in [3.8, 4) is 23.6 Å². The zero-order chi connectivity index (χ0) is 18.8. The number of fused-ring (bicyclic) bond motifs is 1. The summed E-state index contributed by atoms with van der Waals surface area (Å²) in [4.78, 5) is 15.8. The molecule has 130 valence electrons. The predicted molar refractivity (Wildman–Crippen MR) is 105 cm³/mol. The van der Waals surface area contributed by atoms with E-state index in [-0.39, 0.29) is 5.56 Å². The van der Waals surface area contributed by atoms with Crippen LogP contribution in [0.1, 0.15) is 15.9 Å². The van der Waals surface area contributed by atoms with Crippen LogP contribution in [-0.2, 0) is 0 Å². The van der Waals surface area contributed by atoms with Crippen molar-refractivity contribution in [3.05, 3.63) is 84.1 Å². The minimum atomic E-state index is -0.955. The number of hydrogen-bond donors (Lipinski definition) is 2. The summed E-state index contributed by atoms with van der Waals surface area (Å²) in [6.45, 7) is 0. The van der Waals surface area contributed by atoms with Crippen LogP contribution in [0.25, 0.3) is 16.9 Å². The van der Waals surface area contributed by atoms with Crippen molar-refractivity contribution in [3.63, 3.8) is 0 Å². The van der Waals surface area contributed by atoms with E-state index in [1.54, 1.807) is 24.3 Å². The van der Waals surface area contributed by atoms with Crippen LogP contribution in [0, 0.1) is 12.3 Å². The van der Waals surface area contributed by atoms with E-state index in [0.29, 0.717) is 0 Å². The fraction of sp³-hybridized carbons (Fsp3) is 0. The smallest absolute Gasteiger partial charge is 0.335 e. The number of nitrogens with zero attached hydrogens (tertiary/aromatic N) is 2. The fourth-order valence-corrected chi connectivity index (χ4v) is 2.88. The highest BCUT2D eigenvalue weighted by atomic mass is 16.4. The molecule has 0 aliphatic heterocycles. The summed E-state index contributed by atoms with van der Waals surface area (Å²) in [7, 11) is 0. The van der Waals surface area contributed by atoms with E-state index in [9.17, 15) is 4.79 Å². The summed E-state index contributed by atoms with van der Waals surface area (Å²) < 4.78 is 1.92. The lowest BCUT2D eigenvalue weighted by Gasteiger charge is -2.09. The van der Waals surface area contributed by atoms with Gasteiger partial charge in [-0.3, -0.25) is 4.40 Å². The van der Waals surface area contributed by atoms with Gasteiger partial charge in [0.15, 0.2) is 0 Å². The third-order valence-electron chi connectivity index (χ3n) is 4.23. The molecule has 0 aliphatic rings. The van der Waals surface area contributed by atoms with E-state index >= 15 is 0 Å². The van der Waals surface area contributed by atoms with Gasteiger partial charge < -0.3 is 10.4 Å². The van der Waals surface area contributed by atoms with E-state index in [4.69, 9.17) is 16.5 Å². The van der Waals surface area contributed by atoms with Crippen molar-refractivity contribution >= 4 is 23.1 Å². The van der Waals surface area contributed by atoms with Crippen molar-refractivity contribution in [2.75, 3.05) is 5.32 Å². The molecular formula is C22H15N3O2. The number of anilines is 2. The topological polar surface area (TPSA) is 66.6 Å². The Morgan fingerprint density at radius 3 is 2.48 bits per heavy atom. The summed E-state index contributed by atoms with van der Waals surface area (Å²) >= 11 is 0. The monoisotopic (exact) mass is 353 g/mol. The van der Waals surface area contributed by atoms with Gasteiger partial charge in [0.1, 0.15) is 17.2 Å². The Hall–Kier alpha value is -4.04. The molecule has 2 N–H and O–H groups in total. The second-order valence-electron chi connectivity index (χ2n) is 5.97. The van der Waals surface area contributed by atoms with Gasteiger partial charge in [-0.1, -0.05) is 36.3 Å². The molecule has 2 heterocycles. The van der Waals surface area contributed by atoms with Gasteiger partial charge in [-0.15, -0.1) is 6.42 Å². The molecule has 0 saturated heterocycles. The van der Waals surface area contributed by atoms with Crippen LogP contribution >= 0.6 is 0 Å². The Morgan fingerprint density at radius 2 is 1.81 bits per heavy atom. The van der Waals surface area contributed by atoms with Crippen molar-refractivity contribution in [1.29, 1.82) is 0 Å². The second kappa shape index (κ2) is 6.70. The van der Waals surface area contributed by atoms with Crippen molar-refractivity contribution in [1.82, 2.24) is 9.38 Å². The molecular weight excluding hydrogens is 338 g/mol. The van der Waals surface area contributed by atoms with E-state index < -0.39 is 5.97 Å². The zero-order valence-corrected chi connectivity index (χ0v) is 14.3. The highest BCUT2D eigenvalue weighted by molar-refractivity contribution is 5.88. The first-order valence-corrected chi connectivity index (χ1v) is 8.30. The second-order valence-corrected chi connectivity index (χ2v) is 5.97. The molecule has 0 fully saturated rings. The van der Waals surface area contributed by atoms with Gasteiger partial charge in [-0.25, -0.2) is 9.78 Å². The quantitative estimate of drug-likeness (QED) is 0.533. The number of pyridine rings is 1. The van der Waals surface area contributed by atoms with Crippen LogP contribution in [0.5, 0.6) is 0 Å². The number of aromatic nitrogens is 2. The number of nitrogens with one attached hydrogen (secondary N) is 1. The molecule has 0 aliphatic carbocycles. The molecule has 0 saturated carbocycles. The standard InChI is InChI=1S/C22H15N3O2/c1-2-15-12-13-25-19(14-15)24-20(16-6-4-3-5-7-16)21(25)23-18-10-8-17(9-11-18)22(26)27/h1,3-14,23H,(H,26,27). The minimum Gasteiger partial charge on any atom is -0.478 e. The number of terminal acetylenes is 1. The van der Waals surface area contributed by atoms with E-state index in [2.05, 4.69) is 11.2 Å². The lowest BCUT2D eigenvalue weighted by molar-refractivity contribution is 0.0697. The average molecular weight is 353 g/mol. The third kappa shape index (κ3) is 3.12. The maximum absolute atomic E-state index is 11.1. The van der Waals surface area contributed by atoms with Crippen LogP contribution in [0.3, 0.4) is 0 Å². The Morgan fingerprint density at radius 1 is 1.07 bits per heavy atom. The molecule has 0 radical (unpaired) electrons. The van der Waals surface area contributed by atoms with E-state index in [1.165, 1.54) is 0 Å². The van der Waals surface area contributed by atoms with E-state index in [0.717, 1.165) is 34.0 Å². The van der Waals surface area contributed by atoms with Gasteiger partial charge in [0, 0.05) is 23.0 Å². The molecule has 0 bridgehead atoms. The maximum atomic E-state index is 11.1. The lowest BCUT2D eigenvalue weighted by Crippen LogP contribution is -1.99. The molecule has 0 amide bonds. The average Bonchev–Trinajstić information content (AvgIpc) is 3.06. The van der Waals surface area contributed by atoms with Gasteiger partial charge in [-0.2, -0.15) is 0 Å². The van der Waals surface area contributed by atoms with Gasteiger partial charge in [0.2, 0.25) is 0 Å². The molecule has 2 aromatic carbocycles. The van der Waals surface area contributed by atoms with Gasteiger partial charge in [0.25, 0.3) is 0 Å². The molecule has 4 rings (SSSR count). The Kier molecular flexibility index (Phi) is 4.07. The third-order valence-corrected chi connectivity index (χ3v) is 4.23. The first-order valence-electron chi connectivity index (χ1n) is 8.30. The van der Waals surface area contributed by atoms with Crippen molar-refractivity contribution in [2.24, 2.45) is 0 Å². The van der Waals surface area contributed by atoms with Crippen LogP contribution in [0.2, 0.25) is 0 Å². The fourth-order valence-electron chi connectivity index (χ4n) is 2.88. The molecule has 5 heteroatoms. The van der Waals surface area contributed by atoms with Gasteiger partial charge in [0.05, 0.1) is 5.56 Å². The number of hydrogen-bond acceptors (Lipinski definition) is 3. The number of rotatable bonds is 4. The molecule has 2 aromatic heterocycles. The van der Waals surface area contributed by atoms with Crippen LogP contribution in [0.15, 0.2) is 72.9 Å². The first kappa shape index (κ1) is 16.4. The Labute approximate surface area is 155 Å². The molecule has 0 spiro atoms. The minimum absolute atomic E-state index is 0.237. The highest BCUT2D eigenvalue weighted by Crippen LogP contribution is 2.31. The normalized spacial score (nSPS) is 10.5. The number of aromatic carboxylic acids is 1. The largest absolute Gasteiger partial charge is 0.478 e. The lowest BCUT2D eigenvalue weighted by atomic mass is 10.1. The maximum Gasteiger partial charge on any atom is 0.335 e. The van der Waals surface area contributed by atoms with Crippen LogP contribution < -0.4 is 5.32 Å². The Bertz CT molecular complexity index is 1170. The van der Waals surface area contributed by atoms with Crippen molar-refractivity contribution < 1.29 is 9.90 Å². The molecule has 27 heavy (non-hydrogen) atoms. The summed E-state index contributed by atoms with van der Waals surface area (Å²) in [6, 6.07) is 20.1.